The maximum absolute atomic E-state index is 13.0. The van der Waals surface area contributed by atoms with Crippen LogP contribution in [0.5, 0.6) is 0 Å². The number of hydrogen-bond donors (Lipinski definition) is 3. The number of benzene rings is 1. The van der Waals surface area contributed by atoms with Gasteiger partial charge in [-0.25, -0.2) is 4.39 Å². The Bertz CT molecular complexity index is 582. The minimum absolute atomic E-state index is 0.171. The zero-order valence-electron chi connectivity index (χ0n) is 9.40. The van der Waals surface area contributed by atoms with Gasteiger partial charge in [0.2, 0.25) is 5.91 Å². The molecule has 1 aromatic heterocycles. The highest BCUT2D eigenvalue weighted by Gasteiger charge is 2.30. The van der Waals surface area contributed by atoms with Crippen molar-refractivity contribution < 1.29 is 9.18 Å². The van der Waals surface area contributed by atoms with Crippen LogP contribution in [0.15, 0.2) is 30.5 Å². The van der Waals surface area contributed by atoms with Gasteiger partial charge in [-0.15, -0.1) is 0 Å². The summed E-state index contributed by atoms with van der Waals surface area (Å²) in [6.45, 7) is 0.495. The molecule has 0 spiro atoms. The molecule has 0 bridgehead atoms. The summed E-state index contributed by atoms with van der Waals surface area (Å²) in [4.78, 5) is 11.8. The third-order valence-corrected chi connectivity index (χ3v) is 2.90. The SMILES string of the molecule is O=C1Nc2cc(F)ccc2C1NCc1ccn[nH]1. The Morgan fingerprint density at radius 2 is 2.28 bits per heavy atom. The maximum atomic E-state index is 13.0. The molecule has 3 rings (SSSR count). The Balaban J connectivity index is 1.79. The number of aromatic nitrogens is 2. The molecular weight excluding hydrogens is 235 g/mol. The van der Waals surface area contributed by atoms with Crippen molar-refractivity contribution in [3.63, 3.8) is 0 Å². The summed E-state index contributed by atoms with van der Waals surface area (Å²) in [5, 5.41) is 12.4. The van der Waals surface area contributed by atoms with E-state index in [0.717, 1.165) is 11.3 Å². The zero-order chi connectivity index (χ0) is 12.5. The van der Waals surface area contributed by atoms with Crippen molar-refractivity contribution >= 4 is 11.6 Å². The lowest BCUT2D eigenvalue weighted by Gasteiger charge is -2.10. The van der Waals surface area contributed by atoms with Gasteiger partial charge in [-0.2, -0.15) is 5.10 Å². The largest absolute Gasteiger partial charge is 0.324 e. The van der Waals surface area contributed by atoms with Gasteiger partial charge in [0.05, 0.1) is 0 Å². The quantitative estimate of drug-likeness (QED) is 0.765. The van der Waals surface area contributed by atoms with E-state index in [4.69, 9.17) is 0 Å². The van der Waals surface area contributed by atoms with Crippen LogP contribution in [0, 0.1) is 5.82 Å². The summed E-state index contributed by atoms with van der Waals surface area (Å²) in [5.41, 5.74) is 2.18. The molecule has 1 amide bonds. The van der Waals surface area contributed by atoms with E-state index in [2.05, 4.69) is 20.8 Å². The van der Waals surface area contributed by atoms with Crippen LogP contribution in [-0.2, 0) is 11.3 Å². The Labute approximate surface area is 102 Å². The summed E-state index contributed by atoms with van der Waals surface area (Å²) in [6.07, 6.45) is 1.65. The van der Waals surface area contributed by atoms with Gasteiger partial charge in [0.1, 0.15) is 11.9 Å². The van der Waals surface area contributed by atoms with Crippen LogP contribution in [0.1, 0.15) is 17.3 Å². The minimum atomic E-state index is -0.455. The molecule has 92 valence electrons. The third-order valence-electron chi connectivity index (χ3n) is 2.90. The second kappa shape index (κ2) is 4.23. The molecule has 0 saturated heterocycles. The molecule has 2 heterocycles. The molecule has 0 fully saturated rings. The first-order chi connectivity index (χ1) is 8.74. The molecule has 18 heavy (non-hydrogen) atoms. The first-order valence-electron chi connectivity index (χ1n) is 5.56. The molecule has 2 aromatic rings. The Hall–Kier alpha value is -2.21. The summed E-state index contributed by atoms with van der Waals surface area (Å²) in [7, 11) is 0. The van der Waals surface area contributed by atoms with E-state index in [1.165, 1.54) is 12.1 Å². The number of rotatable bonds is 3. The van der Waals surface area contributed by atoms with Crippen molar-refractivity contribution in [3.8, 4) is 0 Å². The molecule has 0 radical (unpaired) electrons. The second-order valence-electron chi connectivity index (χ2n) is 4.12. The number of H-pyrrole nitrogens is 1. The van der Waals surface area contributed by atoms with Gasteiger partial charge < -0.3 is 5.32 Å². The van der Waals surface area contributed by atoms with Gasteiger partial charge >= 0.3 is 0 Å². The van der Waals surface area contributed by atoms with Crippen molar-refractivity contribution in [2.75, 3.05) is 5.32 Å². The zero-order valence-corrected chi connectivity index (χ0v) is 9.40. The molecule has 1 aliphatic heterocycles. The van der Waals surface area contributed by atoms with Gasteiger partial charge in [0, 0.05) is 29.7 Å². The molecule has 6 heteroatoms. The topological polar surface area (TPSA) is 69.8 Å². The summed E-state index contributed by atoms with van der Waals surface area (Å²) >= 11 is 0. The molecule has 3 N–H and O–H groups in total. The normalized spacial score (nSPS) is 17.6. The number of carbonyl (C=O) groups is 1. The van der Waals surface area contributed by atoms with E-state index in [1.807, 2.05) is 6.07 Å². The highest BCUT2D eigenvalue weighted by atomic mass is 19.1. The number of hydrogen-bond acceptors (Lipinski definition) is 3. The van der Waals surface area contributed by atoms with Crippen LogP contribution in [0.25, 0.3) is 0 Å². The van der Waals surface area contributed by atoms with Crippen LogP contribution < -0.4 is 10.6 Å². The van der Waals surface area contributed by atoms with E-state index >= 15 is 0 Å². The lowest BCUT2D eigenvalue weighted by molar-refractivity contribution is -0.117. The van der Waals surface area contributed by atoms with Gasteiger partial charge in [-0.05, 0) is 18.2 Å². The Kier molecular flexibility index (Phi) is 2.56. The molecular formula is C12H11FN4O. The average molecular weight is 246 g/mol. The predicted molar refractivity (Wildman–Crippen MR) is 63.2 cm³/mol. The monoisotopic (exact) mass is 246 g/mol. The number of carbonyl (C=O) groups excluding carboxylic acids is 1. The van der Waals surface area contributed by atoms with Crippen LogP contribution in [0.3, 0.4) is 0 Å². The van der Waals surface area contributed by atoms with Crippen molar-refractivity contribution in [2.45, 2.75) is 12.6 Å². The summed E-state index contributed by atoms with van der Waals surface area (Å²) in [5.74, 6) is -0.529. The average Bonchev–Trinajstić information content (AvgIpc) is 2.93. The first-order valence-corrected chi connectivity index (χ1v) is 5.56. The lowest BCUT2D eigenvalue weighted by atomic mass is 10.1. The second-order valence-corrected chi connectivity index (χ2v) is 4.12. The predicted octanol–water partition coefficient (Wildman–Crippen LogP) is 1.33. The molecule has 0 aliphatic carbocycles. The minimum Gasteiger partial charge on any atom is -0.324 e. The highest BCUT2D eigenvalue weighted by molar-refractivity contribution is 6.02. The molecule has 1 aliphatic rings. The first kappa shape index (κ1) is 10.9. The fourth-order valence-electron chi connectivity index (χ4n) is 2.03. The van der Waals surface area contributed by atoms with E-state index in [-0.39, 0.29) is 11.7 Å². The number of amides is 1. The fraction of sp³-hybridized carbons (Fsp3) is 0.167. The number of fused-ring (bicyclic) bond motifs is 1. The number of anilines is 1. The number of halogens is 1. The van der Waals surface area contributed by atoms with Gasteiger partial charge in [0.15, 0.2) is 0 Å². The molecule has 1 unspecified atom stereocenters. The van der Waals surface area contributed by atoms with Crippen molar-refractivity contribution in [3.05, 3.63) is 47.5 Å². The van der Waals surface area contributed by atoms with Crippen LogP contribution in [-0.4, -0.2) is 16.1 Å². The van der Waals surface area contributed by atoms with E-state index in [9.17, 15) is 9.18 Å². The standard InChI is InChI=1S/C12H11FN4O/c13-7-1-2-9-10(5-7)16-12(18)11(9)14-6-8-3-4-15-17-8/h1-5,11,14H,6H2,(H,15,17)(H,16,18). The molecule has 1 aromatic carbocycles. The van der Waals surface area contributed by atoms with Gasteiger partial charge in [0.25, 0.3) is 0 Å². The van der Waals surface area contributed by atoms with Crippen LogP contribution >= 0.6 is 0 Å². The van der Waals surface area contributed by atoms with Gasteiger partial charge in [-0.3, -0.25) is 15.2 Å². The number of nitrogens with one attached hydrogen (secondary N) is 3. The van der Waals surface area contributed by atoms with Crippen molar-refractivity contribution in [1.82, 2.24) is 15.5 Å². The Morgan fingerprint density at radius 1 is 1.39 bits per heavy atom. The van der Waals surface area contributed by atoms with Crippen LogP contribution in [0.4, 0.5) is 10.1 Å². The molecule has 5 nitrogen and oxygen atoms in total. The van der Waals surface area contributed by atoms with E-state index < -0.39 is 6.04 Å². The van der Waals surface area contributed by atoms with Crippen LogP contribution in [0.2, 0.25) is 0 Å². The molecule has 0 saturated carbocycles. The van der Waals surface area contributed by atoms with E-state index in [0.29, 0.717) is 12.2 Å². The number of nitrogens with zero attached hydrogens (tertiary/aromatic N) is 1. The molecule has 1 atom stereocenters. The fourth-order valence-corrected chi connectivity index (χ4v) is 2.03. The lowest BCUT2D eigenvalue weighted by Crippen LogP contribution is -2.27. The number of aromatic amines is 1. The Morgan fingerprint density at radius 3 is 3.06 bits per heavy atom. The third kappa shape index (κ3) is 1.86. The smallest absolute Gasteiger partial charge is 0.246 e. The highest BCUT2D eigenvalue weighted by Crippen LogP contribution is 2.31. The van der Waals surface area contributed by atoms with E-state index in [1.54, 1.807) is 12.3 Å². The van der Waals surface area contributed by atoms with Crippen molar-refractivity contribution in [2.24, 2.45) is 0 Å². The summed E-state index contributed by atoms with van der Waals surface area (Å²) < 4.78 is 13.0. The van der Waals surface area contributed by atoms with Gasteiger partial charge in [-0.1, -0.05) is 6.07 Å². The summed E-state index contributed by atoms with van der Waals surface area (Å²) in [6, 6.07) is 5.66. The van der Waals surface area contributed by atoms with Crippen molar-refractivity contribution in [1.29, 1.82) is 0 Å². The maximum Gasteiger partial charge on any atom is 0.246 e.